The standard InChI is InChI=1S/C33H35Cl2F2N3O7S/c1-39(2)31(41)22-5-3-7-24(13-22)48(43,44)40-12-4-6-23(18-40)32(42)46-29(15-25-26(34)16-38-17-27(25)35)21-10-11-28(47-33(36)37)30(14-21)45-19-20-8-9-20/h3,5,7,10-11,13-14,16-17,20,23,29,33H,4,6,8-9,12,15,18-19H2,1-2H3. The van der Waals surface area contributed by atoms with E-state index < -0.39 is 34.6 Å². The van der Waals surface area contributed by atoms with Crippen LogP contribution in [0.5, 0.6) is 11.5 Å². The Hall–Kier alpha value is -3.52. The number of benzene rings is 2. The van der Waals surface area contributed by atoms with Gasteiger partial charge in [-0.1, -0.05) is 35.3 Å². The van der Waals surface area contributed by atoms with Gasteiger partial charge in [-0.2, -0.15) is 13.1 Å². The summed E-state index contributed by atoms with van der Waals surface area (Å²) in [6.07, 6.45) is 4.48. The molecule has 1 aromatic heterocycles. The summed E-state index contributed by atoms with van der Waals surface area (Å²) in [7, 11) is -0.916. The highest BCUT2D eigenvalue weighted by Gasteiger charge is 2.36. The molecule has 258 valence electrons. The molecule has 2 unspecified atom stereocenters. The number of hydrogen-bond acceptors (Lipinski definition) is 8. The van der Waals surface area contributed by atoms with E-state index in [2.05, 4.69) is 9.72 Å². The molecule has 1 amide bonds. The monoisotopic (exact) mass is 725 g/mol. The van der Waals surface area contributed by atoms with Gasteiger partial charge in [-0.05, 0) is 73.1 Å². The van der Waals surface area contributed by atoms with E-state index in [1.54, 1.807) is 14.1 Å². The number of hydrogen-bond donors (Lipinski definition) is 0. The van der Waals surface area contributed by atoms with Crippen LogP contribution in [0.1, 0.15) is 53.3 Å². The molecule has 0 N–H and O–H groups in total. The molecular weight excluding hydrogens is 691 g/mol. The molecule has 0 bridgehead atoms. The van der Waals surface area contributed by atoms with Gasteiger partial charge in [0.1, 0.15) is 6.10 Å². The minimum atomic E-state index is -4.06. The number of amides is 1. The maximum absolute atomic E-state index is 13.8. The minimum Gasteiger partial charge on any atom is -0.489 e. The number of rotatable bonds is 13. The van der Waals surface area contributed by atoms with Gasteiger partial charge in [-0.25, -0.2) is 8.42 Å². The summed E-state index contributed by atoms with van der Waals surface area (Å²) in [6, 6.07) is 10.1. The van der Waals surface area contributed by atoms with Crippen molar-refractivity contribution in [3.8, 4) is 11.5 Å². The van der Waals surface area contributed by atoms with Crippen molar-refractivity contribution in [2.45, 2.75) is 49.7 Å². The molecule has 10 nitrogen and oxygen atoms in total. The van der Waals surface area contributed by atoms with Gasteiger partial charge in [0.25, 0.3) is 5.91 Å². The van der Waals surface area contributed by atoms with Gasteiger partial charge < -0.3 is 19.1 Å². The third kappa shape index (κ3) is 8.73. The van der Waals surface area contributed by atoms with Crippen molar-refractivity contribution in [3.05, 3.63) is 81.6 Å². The first-order valence-electron chi connectivity index (χ1n) is 15.3. The Bertz CT molecular complexity index is 1740. The van der Waals surface area contributed by atoms with E-state index in [0.29, 0.717) is 36.5 Å². The lowest BCUT2D eigenvalue weighted by molar-refractivity contribution is -0.155. The van der Waals surface area contributed by atoms with E-state index in [9.17, 15) is 26.8 Å². The lowest BCUT2D eigenvalue weighted by Gasteiger charge is -2.32. The molecule has 1 saturated heterocycles. The molecular formula is C33H35Cl2F2N3O7S. The van der Waals surface area contributed by atoms with E-state index in [4.69, 9.17) is 32.7 Å². The highest BCUT2D eigenvalue weighted by Crippen LogP contribution is 2.38. The zero-order chi connectivity index (χ0) is 34.6. The van der Waals surface area contributed by atoms with Gasteiger partial charge in [0, 0.05) is 51.6 Å². The van der Waals surface area contributed by atoms with Crippen LogP contribution in [0, 0.1) is 11.8 Å². The number of esters is 1. The van der Waals surface area contributed by atoms with Crippen LogP contribution in [0.2, 0.25) is 10.0 Å². The molecule has 2 fully saturated rings. The SMILES string of the molecule is CN(C)C(=O)c1cccc(S(=O)(=O)N2CCCC(C(=O)OC(Cc3c(Cl)cncc3Cl)c3ccc(OC(F)F)c(OCC4CC4)c3)C2)c1. The summed E-state index contributed by atoms with van der Waals surface area (Å²) >= 11 is 12.8. The summed E-state index contributed by atoms with van der Waals surface area (Å²) in [4.78, 5) is 31.5. The van der Waals surface area contributed by atoms with E-state index >= 15 is 0 Å². The van der Waals surface area contributed by atoms with Crippen molar-refractivity contribution in [1.29, 1.82) is 0 Å². The number of carbonyl (C=O) groups is 2. The second-order valence-corrected chi connectivity index (χ2v) is 14.7. The normalized spacial score (nSPS) is 17.5. The molecule has 2 heterocycles. The van der Waals surface area contributed by atoms with Crippen LogP contribution in [-0.2, 0) is 26.0 Å². The Morgan fingerprint density at radius 1 is 1.04 bits per heavy atom. The number of halogens is 4. The van der Waals surface area contributed by atoms with E-state index in [1.165, 1.54) is 64.1 Å². The molecule has 0 radical (unpaired) electrons. The predicted molar refractivity (Wildman–Crippen MR) is 174 cm³/mol. The quantitative estimate of drug-likeness (QED) is 0.186. The summed E-state index contributed by atoms with van der Waals surface area (Å²) in [5, 5.41) is 0.465. The zero-order valence-corrected chi connectivity index (χ0v) is 28.6. The largest absolute Gasteiger partial charge is 0.489 e. The lowest BCUT2D eigenvalue weighted by atomic mass is 9.98. The number of sulfonamides is 1. The fourth-order valence-corrected chi connectivity index (χ4v) is 7.44. The topological polar surface area (TPSA) is 115 Å². The van der Waals surface area contributed by atoms with Gasteiger partial charge in [0.05, 0.1) is 27.5 Å². The number of ether oxygens (including phenoxy) is 3. The first kappa shape index (κ1) is 35.8. The van der Waals surface area contributed by atoms with Crippen LogP contribution < -0.4 is 9.47 Å². The van der Waals surface area contributed by atoms with Crippen LogP contribution in [0.25, 0.3) is 0 Å². The summed E-state index contributed by atoms with van der Waals surface area (Å²) in [5.74, 6) is -1.61. The molecule has 2 aliphatic rings. The number of aromatic nitrogens is 1. The minimum absolute atomic E-state index is 0.00444. The van der Waals surface area contributed by atoms with Crippen LogP contribution >= 0.6 is 23.2 Å². The second kappa shape index (κ2) is 15.4. The average Bonchev–Trinajstić information content (AvgIpc) is 3.89. The maximum Gasteiger partial charge on any atom is 0.387 e. The Morgan fingerprint density at radius 3 is 2.44 bits per heavy atom. The molecule has 48 heavy (non-hydrogen) atoms. The molecule has 2 atom stereocenters. The molecule has 1 aliphatic heterocycles. The molecule has 5 rings (SSSR count). The Kier molecular flexibility index (Phi) is 11.4. The van der Waals surface area contributed by atoms with Gasteiger partial charge in [-0.15, -0.1) is 0 Å². The number of nitrogens with zero attached hydrogens (tertiary/aromatic N) is 3. The fraction of sp³-hybridized carbons (Fsp3) is 0.424. The Balaban J connectivity index is 1.40. The highest BCUT2D eigenvalue weighted by atomic mass is 35.5. The molecule has 2 aromatic carbocycles. The van der Waals surface area contributed by atoms with Crippen molar-refractivity contribution >= 4 is 45.1 Å². The van der Waals surface area contributed by atoms with Gasteiger partial charge in [-0.3, -0.25) is 14.6 Å². The third-order valence-corrected chi connectivity index (χ3v) is 10.7. The average molecular weight is 727 g/mol. The molecule has 0 spiro atoms. The van der Waals surface area contributed by atoms with Gasteiger partial charge >= 0.3 is 12.6 Å². The zero-order valence-electron chi connectivity index (χ0n) is 26.3. The van der Waals surface area contributed by atoms with Crippen LogP contribution in [0.3, 0.4) is 0 Å². The van der Waals surface area contributed by atoms with Crippen molar-refractivity contribution in [1.82, 2.24) is 14.2 Å². The Labute approximate surface area is 287 Å². The number of carbonyl (C=O) groups excluding carboxylic acids is 2. The first-order chi connectivity index (χ1) is 22.8. The summed E-state index contributed by atoms with van der Waals surface area (Å²) in [5.41, 5.74) is 1.07. The lowest BCUT2D eigenvalue weighted by Crippen LogP contribution is -2.43. The maximum atomic E-state index is 13.8. The number of piperidine rings is 1. The van der Waals surface area contributed by atoms with E-state index in [-0.39, 0.29) is 57.4 Å². The van der Waals surface area contributed by atoms with Gasteiger partial charge in [0.2, 0.25) is 10.0 Å². The van der Waals surface area contributed by atoms with Crippen LogP contribution in [-0.4, -0.2) is 74.9 Å². The van der Waals surface area contributed by atoms with E-state index in [1.807, 2.05) is 0 Å². The summed E-state index contributed by atoms with van der Waals surface area (Å²) < 4.78 is 71.5. The fourth-order valence-electron chi connectivity index (χ4n) is 5.36. The molecule has 3 aromatic rings. The van der Waals surface area contributed by atoms with E-state index in [0.717, 1.165) is 12.8 Å². The van der Waals surface area contributed by atoms with Crippen molar-refractivity contribution in [2.75, 3.05) is 33.8 Å². The molecule has 15 heteroatoms. The van der Waals surface area contributed by atoms with Crippen molar-refractivity contribution in [3.63, 3.8) is 0 Å². The predicted octanol–water partition coefficient (Wildman–Crippen LogP) is 6.41. The molecule has 1 aliphatic carbocycles. The first-order valence-corrected chi connectivity index (χ1v) is 17.5. The number of pyridine rings is 1. The molecule has 1 saturated carbocycles. The van der Waals surface area contributed by atoms with Crippen LogP contribution in [0.4, 0.5) is 8.78 Å². The van der Waals surface area contributed by atoms with Crippen LogP contribution in [0.15, 0.2) is 59.8 Å². The number of alkyl halides is 2. The summed E-state index contributed by atoms with van der Waals surface area (Å²) in [6.45, 7) is -2.73. The smallest absolute Gasteiger partial charge is 0.387 e. The second-order valence-electron chi connectivity index (χ2n) is 12.0. The van der Waals surface area contributed by atoms with Crippen molar-refractivity contribution < 1.29 is 41.0 Å². The third-order valence-electron chi connectivity index (χ3n) is 8.17. The van der Waals surface area contributed by atoms with Gasteiger partial charge in [0.15, 0.2) is 11.5 Å². The van der Waals surface area contributed by atoms with Crippen molar-refractivity contribution in [2.24, 2.45) is 11.8 Å². The highest BCUT2D eigenvalue weighted by molar-refractivity contribution is 7.89. The Morgan fingerprint density at radius 2 is 1.77 bits per heavy atom.